The van der Waals surface area contributed by atoms with Crippen LogP contribution in [0.2, 0.25) is 0 Å². The molecule has 0 bridgehead atoms. The molecule has 0 aromatic heterocycles. The van der Waals surface area contributed by atoms with Gasteiger partial charge in [-0.25, -0.2) is 0 Å². The molecule has 0 saturated carbocycles. The van der Waals surface area contributed by atoms with E-state index in [-0.39, 0.29) is 31.6 Å². The molecular formula is C62H90O7. The second kappa shape index (κ2) is 38.9. The first kappa shape index (κ1) is 58.4. The number of carbonyl (C=O) groups excluding carboxylic acids is 2. The molecule has 0 unspecified atom stereocenters. The van der Waals surface area contributed by atoms with E-state index in [1.54, 1.807) is 14.2 Å². The van der Waals surface area contributed by atoms with Crippen LogP contribution in [0.25, 0.3) is 0 Å². The van der Waals surface area contributed by atoms with Gasteiger partial charge in [0, 0.05) is 12.8 Å². The van der Waals surface area contributed by atoms with Crippen LogP contribution in [0.15, 0.2) is 127 Å². The summed E-state index contributed by atoms with van der Waals surface area (Å²) < 4.78 is 30.1. The van der Waals surface area contributed by atoms with Crippen LogP contribution in [0, 0.1) is 0 Å². The van der Waals surface area contributed by atoms with Crippen LogP contribution in [0.4, 0.5) is 0 Å². The minimum Gasteiger partial charge on any atom is -0.497 e. The van der Waals surface area contributed by atoms with E-state index >= 15 is 0 Å². The van der Waals surface area contributed by atoms with Gasteiger partial charge in [0.1, 0.15) is 23.7 Å². The number of rotatable bonds is 41. The lowest BCUT2D eigenvalue weighted by Gasteiger charge is -2.37. The SMILES string of the molecule is CCCCC/C=C\C/C=C\C/C=C\C/C=C\CCCC(=O)O[C@H](COC(=O)CCCCCCCCCCCCCCCCC)COC(c1ccccc1)(c1ccc(OC)cc1)c1ccc(OC)cc1. The molecule has 0 N–H and O–H groups in total. The first-order valence-corrected chi connectivity index (χ1v) is 26.9. The summed E-state index contributed by atoms with van der Waals surface area (Å²) in [6.07, 6.45) is 45.5. The highest BCUT2D eigenvalue weighted by molar-refractivity contribution is 5.70. The van der Waals surface area contributed by atoms with Crippen LogP contribution in [0.5, 0.6) is 11.5 Å². The molecule has 0 amide bonds. The highest BCUT2D eigenvalue weighted by atomic mass is 16.6. The van der Waals surface area contributed by atoms with E-state index in [2.05, 4.69) is 62.5 Å². The van der Waals surface area contributed by atoms with Crippen LogP contribution in [0.3, 0.4) is 0 Å². The molecule has 3 aromatic rings. The molecule has 0 saturated heterocycles. The Morgan fingerprint density at radius 1 is 0.449 bits per heavy atom. The van der Waals surface area contributed by atoms with E-state index in [0.717, 1.165) is 73.1 Å². The van der Waals surface area contributed by atoms with Crippen molar-refractivity contribution in [2.24, 2.45) is 0 Å². The second-order valence-corrected chi connectivity index (χ2v) is 18.3. The number of benzene rings is 3. The van der Waals surface area contributed by atoms with Crippen LogP contribution in [-0.4, -0.2) is 45.5 Å². The Kier molecular flexibility index (Phi) is 33.0. The van der Waals surface area contributed by atoms with Crippen molar-refractivity contribution in [3.63, 3.8) is 0 Å². The van der Waals surface area contributed by atoms with Gasteiger partial charge in [-0.05, 0) is 92.3 Å². The number of methoxy groups -OCH3 is 2. The summed E-state index contributed by atoms with van der Waals surface area (Å²) in [7, 11) is 3.29. The van der Waals surface area contributed by atoms with Crippen LogP contribution >= 0.6 is 0 Å². The lowest BCUT2D eigenvalue weighted by molar-refractivity contribution is -0.165. The average molecular weight is 947 g/mol. The highest BCUT2D eigenvalue weighted by Gasteiger charge is 2.39. The first-order chi connectivity index (χ1) is 34.0. The van der Waals surface area contributed by atoms with Crippen molar-refractivity contribution in [1.29, 1.82) is 0 Å². The van der Waals surface area contributed by atoms with Gasteiger partial charge in [-0.2, -0.15) is 0 Å². The molecule has 3 rings (SSSR count). The van der Waals surface area contributed by atoms with Gasteiger partial charge in [-0.3, -0.25) is 9.59 Å². The summed E-state index contributed by atoms with van der Waals surface area (Å²) in [6.45, 7) is 4.38. The number of esters is 2. The summed E-state index contributed by atoms with van der Waals surface area (Å²) in [4.78, 5) is 26.6. The number of ether oxygens (including phenoxy) is 5. The van der Waals surface area contributed by atoms with Crippen molar-refractivity contribution in [1.82, 2.24) is 0 Å². The lowest BCUT2D eigenvalue weighted by atomic mass is 9.80. The Bertz CT molecular complexity index is 1800. The minimum atomic E-state index is -1.12. The molecule has 0 heterocycles. The molecule has 0 fully saturated rings. The lowest BCUT2D eigenvalue weighted by Crippen LogP contribution is -2.38. The quantitative estimate of drug-likeness (QED) is 0.0243. The van der Waals surface area contributed by atoms with Crippen molar-refractivity contribution >= 4 is 11.9 Å². The normalized spacial score (nSPS) is 12.4. The van der Waals surface area contributed by atoms with Crippen molar-refractivity contribution in [2.75, 3.05) is 27.4 Å². The fraction of sp³-hybridized carbons (Fsp3) is 0.548. The zero-order valence-electron chi connectivity index (χ0n) is 43.4. The number of allylic oxidation sites excluding steroid dienone is 8. The smallest absolute Gasteiger partial charge is 0.306 e. The molecule has 0 aliphatic heterocycles. The van der Waals surface area contributed by atoms with Gasteiger partial charge in [0.15, 0.2) is 6.10 Å². The maximum absolute atomic E-state index is 13.5. The second-order valence-electron chi connectivity index (χ2n) is 18.3. The highest BCUT2D eigenvalue weighted by Crippen LogP contribution is 2.42. The van der Waals surface area contributed by atoms with Gasteiger partial charge in [-0.1, -0.05) is 220 Å². The third kappa shape index (κ3) is 25.5. The largest absolute Gasteiger partial charge is 0.497 e. The molecule has 0 aliphatic rings. The summed E-state index contributed by atoms with van der Waals surface area (Å²) in [5, 5.41) is 0. The van der Waals surface area contributed by atoms with Gasteiger partial charge < -0.3 is 23.7 Å². The molecule has 7 heteroatoms. The Hall–Kier alpha value is -4.88. The van der Waals surface area contributed by atoms with Gasteiger partial charge in [0.2, 0.25) is 0 Å². The maximum atomic E-state index is 13.5. The maximum Gasteiger partial charge on any atom is 0.306 e. The van der Waals surface area contributed by atoms with Crippen LogP contribution in [0.1, 0.15) is 197 Å². The van der Waals surface area contributed by atoms with E-state index in [1.165, 1.54) is 103 Å². The molecule has 69 heavy (non-hydrogen) atoms. The summed E-state index contributed by atoms with van der Waals surface area (Å²) in [6, 6.07) is 25.6. The van der Waals surface area contributed by atoms with E-state index in [0.29, 0.717) is 12.8 Å². The first-order valence-electron chi connectivity index (χ1n) is 26.9. The van der Waals surface area contributed by atoms with Gasteiger partial charge in [0.05, 0.1) is 20.8 Å². The molecule has 7 nitrogen and oxygen atoms in total. The molecular weight excluding hydrogens is 857 g/mol. The average Bonchev–Trinajstić information content (AvgIpc) is 3.38. The molecule has 1 atom stereocenters. The fourth-order valence-corrected chi connectivity index (χ4v) is 8.48. The molecule has 0 radical (unpaired) electrons. The van der Waals surface area contributed by atoms with E-state index in [4.69, 9.17) is 23.7 Å². The Morgan fingerprint density at radius 3 is 1.33 bits per heavy atom. The summed E-state index contributed by atoms with van der Waals surface area (Å²) in [5.41, 5.74) is 1.47. The Morgan fingerprint density at radius 2 is 0.855 bits per heavy atom. The standard InChI is InChI=1S/C62H90O7/c1-5-7-9-11-13-15-17-19-21-22-24-26-28-30-32-34-39-43-61(64)69-59(52-67-60(63)42-38-33-31-29-27-25-23-20-18-16-14-12-10-8-6-2)53-68-62(54-40-36-35-37-41-54,55-44-48-57(65-3)49-45-55)56-46-50-58(66-4)51-47-56/h13,15,19,21,24,26,30,32,35-37,40-41,44-51,59H,5-12,14,16-18,20,22-23,25,27-29,31,33-34,38-39,42-43,52-53H2,1-4H3/b15-13-,21-19-,26-24-,32-30-/t59-/m1/s1. The Labute approximate surface area is 419 Å². The molecule has 380 valence electrons. The van der Waals surface area contributed by atoms with Crippen LogP contribution < -0.4 is 9.47 Å². The zero-order chi connectivity index (χ0) is 49.3. The third-order valence-electron chi connectivity index (χ3n) is 12.6. The van der Waals surface area contributed by atoms with E-state index < -0.39 is 11.7 Å². The van der Waals surface area contributed by atoms with Crippen molar-refractivity contribution in [3.05, 3.63) is 144 Å². The van der Waals surface area contributed by atoms with Crippen molar-refractivity contribution in [2.45, 2.75) is 192 Å². The van der Waals surface area contributed by atoms with Crippen LogP contribution in [-0.2, 0) is 29.4 Å². The predicted molar refractivity (Wildman–Crippen MR) is 287 cm³/mol. The summed E-state index contributed by atoms with van der Waals surface area (Å²) >= 11 is 0. The number of unbranched alkanes of at least 4 members (excludes halogenated alkanes) is 18. The monoisotopic (exact) mass is 947 g/mol. The van der Waals surface area contributed by atoms with Gasteiger partial charge in [0.25, 0.3) is 0 Å². The van der Waals surface area contributed by atoms with Crippen molar-refractivity contribution in [3.8, 4) is 11.5 Å². The number of hydrogen-bond donors (Lipinski definition) is 0. The number of hydrogen-bond acceptors (Lipinski definition) is 7. The number of carbonyl (C=O) groups is 2. The fourth-order valence-electron chi connectivity index (χ4n) is 8.48. The van der Waals surface area contributed by atoms with E-state index in [9.17, 15) is 9.59 Å². The van der Waals surface area contributed by atoms with Gasteiger partial charge >= 0.3 is 11.9 Å². The molecule has 3 aromatic carbocycles. The molecule has 0 aliphatic carbocycles. The predicted octanol–water partition coefficient (Wildman–Crippen LogP) is 16.9. The van der Waals surface area contributed by atoms with Gasteiger partial charge in [-0.15, -0.1) is 0 Å². The minimum absolute atomic E-state index is 0.0257. The van der Waals surface area contributed by atoms with Crippen molar-refractivity contribution < 1.29 is 33.3 Å². The van der Waals surface area contributed by atoms with E-state index in [1.807, 2.05) is 78.9 Å². The third-order valence-corrected chi connectivity index (χ3v) is 12.6. The molecule has 0 spiro atoms. The Balaban J connectivity index is 1.59. The summed E-state index contributed by atoms with van der Waals surface area (Å²) in [5.74, 6) is 0.798. The zero-order valence-corrected chi connectivity index (χ0v) is 43.4. The topological polar surface area (TPSA) is 80.3 Å².